The quantitative estimate of drug-likeness (QED) is 0.665. The first-order chi connectivity index (χ1) is 11.6. The minimum absolute atomic E-state index is 0.122. The maximum Gasteiger partial charge on any atom is 0.343 e. The number of rotatable bonds is 4. The number of nitrogens with one attached hydrogen (secondary N) is 1. The predicted octanol–water partition coefficient (Wildman–Crippen LogP) is 1.54. The highest BCUT2D eigenvalue weighted by atomic mass is 16.6. The third kappa shape index (κ3) is 2.23. The number of amides is 1. The molecule has 1 amide bonds. The number of carbonyl (C=O) groups is 3. The predicted molar refractivity (Wildman–Crippen MR) is 85.3 cm³/mol. The molecule has 7 heteroatoms. The molecule has 0 spiro atoms. The standard InChI is InChI=1S/C17H20N2O5/c1-3-23-15(21)17(16(22)24-4-2)10-9-13-18-12-8-6-5-7-11(12)14(20)19(13)17/h5-8,13,18H,3-4,9-10H2,1-2H3. The Morgan fingerprint density at radius 2 is 1.83 bits per heavy atom. The molecule has 7 nitrogen and oxygen atoms in total. The van der Waals surface area contributed by atoms with E-state index < -0.39 is 23.6 Å². The van der Waals surface area contributed by atoms with E-state index in [9.17, 15) is 14.4 Å². The zero-order valence-electron chi connectivity index (χ0n) is 13.7. The molecule has 0 bridgehead atoms. The van der Waals surface area contributed by atoms with Crippen LogP contribution in [0.3, 0.4) is 0 Å². The normalized spacial score (nSPS) is 20.7. The summed E-state index contributed by atoms with van der Waals surface area (Å²) in [6.45, 7) is 3.57. The molecule has 1 N–H and O–H groups in total. The summed E-state index contributed by atoms with van der Waals surface area (Å²) >= 11 is 0. The van der Waals surface area contributed by atoms with E-state index >= 15 is 0 Å². The van der Waals surface area contributed by atoms with Gasteiger partial charge in [-0.05, 0) is 38.8 Å². The Morgan fingerprint density at radius 1 is 1.21 bits per heavy atom. The lowest BCUT2D eigenvalue weighted by Crippen LogP contribution is -2.64. The second-order valence-corrected chi connectivity index (χ2v) is 5.72. The molecular formula is C17H20N2O5. The Labute approximate surface area is 139 Å². The van der Waals surface area contributed by atoms with E-state index in [0.29, 0.717) is 17.7 Å². The summed E-state index contributed by atoms with van der Waals surface area (Å²) in [5, 5.41) is 3.23. The molecule has 1 saturated heterocycles. The van der Waals surface area contributed by atoms with Crippen LogP contribution in [0, 0.1) is 0 Å². The van der Waals surface area contributed by atoms with Crippen LogP contribution in [0.15, 0.2) is 24.3 Å². The van der Waals surface area contributed by atoms with Gasteiger partial charge in [-0.15, -0.1) is 0 Å². The van der Waals surface area contributed by atoms with Crippen molar-refractivity contribution in [1.82, 2.24) is 4.90 Å². The highest BCUT2D eigenvalue weighted by Gasteiger charge is 2.63. The highest BCUT2D eigenvalue weighted by Crippen LogP contribution is 2.41. The number of carbonyl (C=O) groups excluding carboxylic acids is 3. The van der Waals surface area contributed by atoms with E-state index in [4.69, 9.17) is 9.47 Å². The minimum atomic E-state index is -1.73. The van der Waals surface area contributed by atoms with Gasteiger partial charge in [-0.3, -0.25) is 9.69 Å². The molecule has 1 atom stereocenters. The minimum Gasteiger partial charge on any atom is -0.464 e. The molecule has 1 aromatic carbocycles. The van der Waals surface area contributed by atoms with Crippen molar-refractivity contribution in [1.29, 1.82) is 0 Å². The van der Waals surface area contributed by atoms with Crippen LogP contribution in [0.5, 0.6) is 0 Å². The van der Waals surface area contributed by atoms with Crippen molar-refractivity contribution < 1.29 is 23.9 Å². The van der Waals surface area contributed by atoms with Gasteiger partial charge in [-0.1, -0.05) is 12.1 Å². The van der Waals surface area contributed by atoms with Crippen molar-refractivity contribution in [2.45, 2.75) is 38.4 Å². The van der Waals surface area contributed by atoms with Crippen molar-refractivity contribution in [3.05, 3.63) is 29.8 Å². The first-order valence-electron chi connectivity index (χ1n) is 8.10. The molecule has 2 aliphatic rings. The molecule has 0 aromatic heterocycles. The van der Waals surface area contributed by atoms with Crippen LogP contribution >= 0.6 is 0 Å². The maximum atomic E-state index is 13.0. The molecule has 0 radical (unpaired) electrons. The molecular weight excluding hydrogens is 312 g/mol. The maximum absolute atomic E-state index is 13.0. The van der Waals surface area contributed by atoms with Crippen molar-refractivity contribution >= 4 is 23.5 Å². The van der Waals surface area contributed by atoms with E-state index in [-0.39, 0.29) is 25.5 Å². The van der Waals surface area contributed by atoms with Gasteiger partial charge in [0.25, 0.3) is 5.91 Å². The van der Waals surface area contributed by atoms with Gasteiger partial charge in [0.15, 0.2) is 0 Å². The lowest BCUT2D eigenvalue weighted by molar-refractivity contribution is -0.171. The van der Waals surface area contributed by atoms with E-state index in [1.54, 1.807) is 32.0 Å². The van der Waals surface area contributed by atoms with Crippen LogP contribution in [-0.2, 0) is 19.1 Å². The third-order valence-corrected chi connectivity index (χ3v) is 4.43. The van der Waals surface area contributed by atoms with E-state index in [1.807, 2.05) is 6.07 Å². The van der Waals surface area contributed by atoms with Gasteiger partial charge in [-0.2, -0.15) is 0 Å². The Balaban J connectivity index is 2.07. The van der Waals surface area contributed by atoms with E-state index in [1.165, 1.54) is 4.90 Å². The second kappa shape index (κ2) is 6.14. The van der Waals surface area contributed by atoms with Gasteiger partial charge in [0.1, 0.15) is 6.17 Å². The van der Waals surface area contributed by atoms with Crippen molar-refractivity contribution in [3.63, 3.8) is 0 Å². The average Bonchev–Trinajstić information content (AvgIpc) is 2.96. The zero-order chi connectivity index (χ0) is 17.3. The Bertz CT molecular complexity index is 669. The molecule has 0 saturated carbocycles. The number of hydrogen-bond acceptors (Lipinski definition) is 6. The molecule has 0 aliphatic carbocycles. The van der Waals surface area contributed by atoms with Crippen LogP contribution in [0.25, 0.3) is 0 Å². The lowest BCUT2D eigenvalue weighted by atomic mass is 9.95. The first kappa shape index (κ1) is 16.3. The molecule has 2 heterocycles. The SMILES string of the molecule is CCOC(=O)C1(C(=O)OCC)CCC2Nc3ccccc3C(=O)N21. The number of anilines is 1. The van der Waals surface area contributed by atoms with E-state index in [2.05, 4.69) is 5.32 Å². The number of esters is 2. The highest BCUT2D eigenvalue weighted by molar-refractivity contribution is 6.13. The van der Waals surface area contributed by atoms with E-state index in [0.717, 1.165) is 0 Å². The number of benzene rings is 1. The molecule has 1 aromatic rings. The molecule has 1 unspecified atom stereocenters. The summed E-state index contributed by atoms with van der Waals surface area (Å²) in [4.78, 5) is 39.6. The summed E-state index contributed by atoms with van der Waals surface area (Å²) < 4.78 is 10.2. The monoisotopic (exact) mass is 332 g/mol. The lowest BCUT2D eigenvalue weighted by Gasteiger charge is -2.40. The van der Waals surface area contributed by atoms with Crippen LogP contribution < -0.4 is 5.32 Å². The second-order valence-electron chi connectivity index (χ2n) is 5.72. The van der Waals surface area contributed by atoms with Gasteiger partial charge in [0.2, 0.25) is 5.54 Å². The summed E-state index contributed by atoms with van der Waals surface area (Å²) in [6.07, 6.45) is 0.181. The fourth-order valence-electron chi connectivity index (χ4n) is 3.40. The smallest absolute Gasteiger partial charge is 0.343 e. The molecule has 24 heavy (non-hydrogen) atoms. The summed E-state index contributed by atoms with van der Waals surface area (Å²) in [6, 6.07) is 7.04. The number of hydrogen-bond donors (Lipinski definition) is 1. The van der Waals surface area contributed by atoms with Crippen LogP contribution in [0.4, 0.5) is 5.69 Å². The van der Waals surface area contributed by atoms with Crippen LogP contribution in [-0.4, -0.2) is 47.7 Å². The van der Waals surface area contributed by atoms with Gasteiger partial charge in [-0.25, -0.2) is 9.59 Å². The molecule has 1 fully saturated rings. The topological polar surface area (TPSA) is 84.9 Å². The Hall–Kier alpha value is -2.57. The average molecular weight is 332 g/mol. The van der Waals surface area contributed by atoms with Crippen LogP contribution in [0.2, 0.25) is 0 Å². The molecule has 2 aliphatic heterocycles. The van der Waals surface area contributed by atoms with Crippen LogP contribution in [0.1, 0.15) is 37.0 Å². The molecule has 3 rings (SSSR count). The largest absolute Gasteiger partial charge is 0.464 e. The van der Waals surface area contributed by atoms with Crippen molar-refractivity contribution in [2.24, 2.45) is 0 Å². The number of nitrogens with zero attached hydrogens (tertiary/aromatic N) is 1. The Morgan fingerprint density at radius 3 is 2.46 bits per heavy atom. The van der Waals surface area contributed by atoms with Gasteiger partial charge < -0.3 is 14.8 Å². The van der Waals surface area contributed by atoms with Gasteiger partial charge >= 0.3 is 11.9 Å². The molecule has 128 valence electrons. The fraction of sp³-hybridized carbons (Fsp3) is 0.471. The fourth-order valence-corrected chi connectivity index (χ4v) is 3.40. The van der Waals surface area contributed by atoms with Gasteiger partial charge in [0, 0.05) is 5.69 Å². The number of para-hydroxylation sites is 1. The van der Waals surface area contributed by atoms with Gasteiger partial charge in [0.05, 0.1) is 18.8 Å². The summed E-state index contributed by atoms with van der Waals surface area (Å²) in [7, 11) is 0. The first-order valence-corrected chi connectivity index (χ1v) is 8.10. The number of ether oxygens (including phenoxy) is 2. The van der Waals surface area contributed by atoms with Crippen molar-refractivity contribution in [3.8, 4) is 0 Å². The van der Waals surface area contributed by atoms with Crippen molar-refractivity contribution in [2.75, 3.05) is 18.5 Å². The number of fused-ring (bicyclic) bond motifs is 2. The zero-order valence-corrected chi connectivity index (χ0v) is 13.7. The third-order valence-electron chi connectivity index (χ3n) is 4.43. The Kier molecular flexibility index (Phi) is 4.17. The summed E-state index contributed by atoms with van der Waals surface area (Å²) in [5.74, 6) is -1.84. The summed E-state index contributed by atoms with van der Waals surface area (Å²) in [5.41, 5.74) is -0.602.